The Labute approximate surface area is 208 Å². The molecule has 2 fully saturated rings. The maximum atomic E-state index is 14.5. The van der Waals surface area contributed by atoms with E-state index >= 15 is 0 Å². The van der Waals surface area contributed by atoms with Gasteiger partial charge in [0.15, 0.2) is 0 Å². The van der Waals surface area contributed by atoms with Crippen LogP contribution in [0.2, 0.25) is 0 Å². The number of fused-ring (bicyclic) bond motifs is 1. The molecule has 2 unspecified atom stereocenters. The van der Waals surface area contributed by atoms with Crippen LogP contribution in [0.5, 0.6) is 0 Å². The first kappa shape index (κ1) is 25.2. The van der Waals surface area contributed by atoms with Crippen LogP contribution in [0.3, 0.4) is 0 Å². The number of piperidine rings is 1. The highest BCUT2D eigenvalue weighted by Crippen LogP contribution is 2.48. The molecular weight excluding hydrogens is 474 g/mol. The van der Waals surface area contributed by atoms with Crippen LogP contribution < -0.4 is 0 Å². The summed E-state index contributed by atoms with van der Waals surface area (Å²) in [6.45, 7) is 6.36. The van der Waals surface area contributed by atoms with Crippen molar-refractivity contribution in [1.29, 1.82) is 0 Å². The Hall–Kier alpha value is -2.49. The summed E-state index contributed by atoms with van der Waals surface area (Å²) in [5.74, 6) is -0.732. The second kappa shape index (κ2) is 9.43. The van der Waals surface area contributed by atoms with E-state index in [9.17, 15) is 22.4 Å². The van der Waals surface area contributed by atoms with E-state index in [-0.39, 0.29) is 30.4 Å². The van der Waals surface area contributed by atoms with Gasteiger partial charge in [0.05, 0.1) is 17.0 Å². The molecule has 36 heavy (non-hydrogen) atoms. The maximum Gasteiger partial charge on any atom is 0.416 e. The van der Waals surface area contributed by atoms with Crippen LogP contribution in [0.15, 0.2) is 24.8 Å². The van der Waals surface area contributed by atoms with E-state index in [2.05, 4.69) is 28.8 Å². The topological polar surface area (TPSA) is 54.3 Å². The van der Waals surface area contributed by atoms with Crippen LogP contribution in [0.25, 0.3) is 0 Å². The number of rotatable bonds is 4. The van der Waals surface area contributed by atoms with E-state index in [0.29, 0.717) is 30.3 Å². The molecule has 0 bridgehead atoms. The molecule has 1 saturated carbocycles. The third kappa shape index (κ3) is 4.53. The van der Waals surface area contributed by atoms with E-state index in [1.165, 1.54) is 0 Å². The number of amides is 1. The Morgan fingerprint density at radius 1 is 1.11 bits per heavy atom. The summed E-state index contributed by atoms with van der Waals surface area (Å²) in [5.41, 5.74) is -0.983. The molecule has 6 nitrogen and oxygen atoms in total. The number of carbonyl (C=O) groups excluding carboxylic acids is 1. The van der Waals surface area contributed by atoms with E-state index in [4.69, 9.17) is 0 Å². The number of likely N-dealkylation sites (tertiary alicyclic amines) is 1. The minimum absolute atomic E-state index is 0.000899. The lowest BCUT2D eigenvalue weighted by Gasteiger charge is -2.41. The lowest BCUT2D eigenvalue weighted by molar-refractivity contribution is -0.146. The van der Waals surface area contributed by atoms with Gasteiger partial charge >= 0.3 is 6.18 Å². The van der Waals surface area contributed by atoms with Crippen LogP contribution in [0.1, 0.15) is 68.7 Å². The standard InChI is InChI=1S/C26H33F4N5O/c1-17(2)25(7-3-21(13-25)33-8-4-20(5-9-33)35-16-31-15-32-35)24(36)34-10-6-22-18(14-34)11-19(12-23(22)27)26(28,29)30/h11-12,15-17,20-21H,3-10,13-14H2,1-2H3. The van der Waals surface area contributed by atoms with Crippen molar-refractivity contribution in [2.45, 2.75) is 77.2 Å². The third-order valence-corrected chi connectivity index (χ3v) is 8.78. The smallest absolute Gasteiger partial charge is 0.338 e. The number of nitrogens with zero attached hydrogens (tertiary/aromatic N) is 5. The van der Waals surface area contributed by atoms with Crippen molar-refractivity contribution < 1.29 is 22.4 Å². The van der Waals surface area contributed by atoms with Crippen molar-refractivity contribution in [3.63, 3.8) is 0 Å². The van der Waals surface area contributed by atoms with Gasteiger partial charge in [0.25, 0.3) is 0 Å². The molecule has 1 aromatic carbocycles. The van der Waals surface area contributed by atoms with Crippen LogP contribution in [0, 0.1) is 17.2 Å². The molecule has 1 saturated heterocycles. The fraction of sp³-hybridized carbons (Fsp3) is 0.654. The number of aromatic nitrogens is 3. The van der Waals surface area contributed by atoms with Crippen LogP contribution >= 0.6 is 0 Å². The van der Waals surface area contributed by atoms with Crippen molar-refractivity contribution in [2.24, 2.45) is 11.3 Å². The Balaban J connectivity index is 1.29. The van der Waals surface area contributed by atoms with Gasteiger partial charge in [-0.1, -0.05) is 13.8 Å². The molecular formula is C26H33F4N5O. The molecule has 1 aliphatic carbocycles. The normalized spacial score (nSPS) is 26.0. The van der Waals surface area contributed by atoms with Gasteiger partial charge in [0, 0.05) is 32.2 Å². The van der Waals surface area contributed by atoms with Crippen molar-refractivity contribution in [3.8, 4) is 0 Å². The zero-order valence-corrected chi connectivity index (χ0v) is 20.8. The molecule has 2 atom stereocenters. The summed E-state index contributed by atoms with van der Waals surface area (Å²) >= 11 is 0. The molecule has 0 radical (unpaired) electrons. The van der Waals surface area contributed by atoms with Crippen LogP contribution in [-0.2, 0) is 23.9 Å². The van der Waals surface area contributed by atoms with Gasteiger partial charge in [-0.3, -0.25) is 4.79 Å². The number of hydrogen-bond donors (Lipinski definition) is 0. The van der Waals surface area contributed by atoms with E-state index < -0.39 is 23.0 Å². The first-order valence-corrected chi connectivity index (χ1v) is 12.8. The van der Waals surface area contributed by atoms with Gasteiger partial charge in [0.2, 0.25) is 5.91 Å². The summed E-state index contributed by atoms with van der Waals surface area (Å²) in [5, 5.41) is 4.27. The molecule has 196 valence electrons. The minimum atomic E-state index is -4.62. The number of halogens is 4. The molecule has 1 aromatic heterocycles. The summed E-state index contributed by atoms with van der Waals surface area (Å²) in [6.07, 6.45) is 3.34. The van der Waals surface area contributed by atoms with Gasteiger partial charge in [-0.05, 0) is 67.7 Å². The maximum absolute atomic E-state index is 14.5. The highest BCUT2D eigenvalue weighted by molar-refractivity contribution is 5.84. The SMILES string of the molecule is CC(C)C1(C(=O)N2CCc3c(F)cc(C(F)(F)F)cc3C2)CCC(N2CCC(n3cncn3)CC2)C1. The quantitative estimate of drug-likeness (QED) is 0.555. The second-order valence-electron chi connectivity index (χ2n) is 10.9. The number of carbonyl (C=O) groups is 1. The third-order valence-electron chi connectivity index (χ3n) is 8.78. The molecule has 5 rings (SSSR count). The van der Waals surface area contributed by atoms with E-state index in [0.717, 1.165) is 51.3 Å². The number of benzene rings is 1. The van der Waals surface area contributed by atoms with Gasteiger partial charge in [-0.2, -0.15) is 18.3 Å². The van der Waals surface area contributed by atoms with Gasteiger partial charge in [-0.25, -0.2) is 14.1 Å². The van der Waals surface area contributed by atoms with E-state index in [1.807, 2.05) is 4.68 Å². The molecule has 3 heterocycles. The number of alkyl halides is 3. The monoisotopic (exact) mass is 507 g/mol. The zero-order valence-electron chi connectivity index (χ0n) is 20.8. The Morgan fingerprint density at radius 3 is 2.50 bits per heavy atom. The largest absolute Gasteiger partial charge is 0.416 e. The molecule has 10 heteroatoms. The first-order chi connectivity index (χ1) is 17.1. The van der Waals surface area contributed by atoms with Crippen molar-refractivity contribution in [1.82, 2.24) is 24.6 Å². The highest BCUT2D eigenvalue weighted by atomic mass is 19.4. The average molecular weight is 508 g/mol. The van der Waals surface area contributed by atoms with E-state index in [1.54, 1.807) is 17.6 Å². The predicted molar refractivity (Wildman–Crippen MR) is 125 cm³/mol. The highest BCUT2D eigenvalue weighted by Gasteiger charge is 2.51. The molecule has 2 aromatic rings. The fourth-order valence-corrected chi connectivity index (χ4v) is 6.55. The minimum Gasteiger partial charge on any atom is -0.338 e. The molecule has 1 amide bonds. The lowest BCUT2D eigenvalue weighted by Crippen LogP contribution is -2.49. The Kier molecular flexibility index (Phi) is 6.59. The molecule has 0 spiro atoms. The average Bonchev–Trinajstić information content (AvgIpc) is 3.54. The first-order valence-electron chi connectivity index (χ1n) is 12.8. The number of hydrogen-bond acceptors (Lipinski definition) is 4. The molecule has 0 N–H and O–H groups in total. The van der Waals surface area contributed by atoms with Gasteiger partial charge < -0.3 is 9.80 Å². The zero-order chi connectivity index (χ0) is 25.7. The summed E-state index contributed by atoms with van der Waals surface area (Å²) in [6, 6.07) is 2.23. The van der Waals surface area contributed by atoms with Gasteiger partial charge in [0.1, 0.15) is 18.5 Å². The Morgan fingerprint density at radius 2 is 1.86 bits per heavy atom. The molecule has 3 aliphatic rings. The van der Waals surface area contributed by atoms with Crippen LogP contribution in [-0.4, -0.2) is 56.1 Å². The van der Waals surface area contributed by atoms with Gasteiger partial charge in [-0.15, -0.1) is 0 Å². The Bertz CT molecular complexity index is 1090. The lowest BCUT2D eigenvalue weighted by atomic mass is 9.73. The van der Waals surface area contributed by atoms with Crippen molar-refractivity contribution >= 4 is 5.91 Å². The summed E-state index contributed by atoms with van der Waals surface area (Å²) < 4.78 is 56.2. The molecule has 2 aliphatic heterocycles. The van der Waals surface area contributed by atoms with Crippen LogP contribution in [0.4, 0.5) is 17.6 Å². The second-order valence-corrected chi connectivity index (χ2v) is 10.9. The summed E-state index contributed by atoms with van der Waals surface area (Å²) in [4.78, 5) is 22.2. The van der Waals surface area contributed by atoms with Crippen molar-refractivity contribution in [3.05, 3.63) is 47.3 Å². The summed E-state index contributed by atoms with van der Waals surface area (Å²) in [7, 11) is 0. The fourth-order valence-electron chi connectivity index (χ4n) is 6.55. The predicted octanol–water partition coefficient (Wildman–Crippen LogP) is 4.85. The van der Waals surface area contributed by atoms with Crippen molar-refractivity contribution in [2.75, 3.05) is 19.6 Å².